The van der Waals surface area contributed by atoms with E-state index in [4.69, 9.17) is 10.5 Å². The van der Waals surface area contributed by atoms with E-state index in [-0.39, 0.29) is 5.54 Å². The SMILES string of the molecule is COCCN(C1CC1)C(C)(CN)CC(C)C. The molecule has 0 heterocycles. The van der Waals surface area contributed by atoms with Gasteiger partial charge in [0.25, 0.3) is 0 Å². The van der Waals surface area contributed by atoms with Crippen LogP contribution in [0.25, 0.3) is 0 Å². The summed E-state index contributed by atoms with van der Waals surface area (Å²) in [5.41, 5.74) is 6.16. The first kappa shape index (κ1) is 13.9. The van der Waals surface area contributed by atoms with Crippen LogP contribution in [0.1, 0.15) is 40.0 Å². The minimum atomic E-state index is 0.147. The lowest BCUT2D eigenvalue weighted by molar-refractivity contribution is 0.0500. The van der Waals surface area contributed by atoms with E-state index in [1.54, 1.807) is 7.11 Å². The third-order valence-electron chi connectivity index (χ3n) is 3.51. The molecule has 1 atom stereocenters. The summed E-state index contributed by atoms with van der Waals surface area (Å²) < 4.78 is 5.21. The smallest absolute Gasteiger partial charge is 0.0590 e. The lowest BCUT2D eigenvalue weighted by Crippen LogP contribution is -2.54. The molecule has 0 aromatic carbocycles. The Bertz CT molecular complexity index is 204. The Morgan fingerprint density at radius 1 is 1.44 bits per heavy atom. The largest absolute Gasteiger partial charge is 0.383 e. The number of rotatable bonds is 8. The summed E-state index contributed by atoms with van der Waals surface area (Å²) in [7, 11) is 1.77. The normalized spacial score (nSPS) is 20.4. The molecule has 0 saturated heterocycles. The van der Waals surface area contributed by atoms with Crippen molar-refractivity contribution in [3.63, 3.8) is 0 Å². The Morgan fingerprint density at radius 2 is 2.06 bits per heavy atom. The molecular weight excluding hydrogens is 200 g/mol. The minimum Gasteiger partial charge on any atom is -0.383 e. The predicted molar refractivity (Wildman–Crippen MR) is 68.5 cm³/mol. The molecule has 0 aliphatic heterocycles. The van der Waals surface area contributed by atoms with E-state index in [2.05, 4.69) is 25.7 Å². The Kier molecular flexibility index (Phi) is 5.22. The van der Waals surface area contributed by atoms with Gasteiger partial charge in [0.1, 0.15) is 0 Å². The molecule has 1 aliphatic carbocycles. The highest BCUT2D eigenvalue weighted by Crippen LogP contribution is 2.35. The summed E-state index contributed by atoms with van der Waals surface area (Å²) in [6, 6.07) is 0.752. The molecule has 1 fully saturated rings. The molecule has 1 aliphatic rings. The van der Waals surface area contributed by atoms with Gasteiger partial charge in [0.2, 0.25) is 0 Å². The molecule has 2 N–H and O–H groups in total. The van der Waals surface area contributed by atoms with Crippen molar-refractivity contribution in [2.75, 3.05) is 26.8 Å². The van der Waals surface area contributed by atoms with E-state index in [9.17, 15) is 0 Å². The Morgan fingerprint density at radius 3 is 2.44 bits per heavy atom. The number of hydrogen-bond acceptors (Lipinski definition) is 3. The van der Waals surface area contributed by atoms with E-state index in [1.165, 1.54) is 19.3 Å². The molecule has 0 amide bonds. The van der Waals surface area contributed by atoms with Gasteiger partial charge in [-0.05, 0) is 32.1 Å². The van der Waals surface area contributed by atoms with Gasteiger partial charge >= 0.3 is 0 Å². The first-order valence-corrected chi connectivity index (χ1v) is 6.49. The summed E-state index contributed by atoms with van der Waals surface area (Å²) in [6.45, 7) is 9.42. The second-order valence-electron chi connectivity index (χ2n) is 5.72. The highest BCUT2D eigenvalue weighted by atomic mass is 16.5. The van der Waals surface area contributed by atoms with Gasteiger partial charge in [-0.3, -0.25) is 4.90 Å². The maximum atomic E-state index is 6.01. The molecule has 1 rings (SSSR count). The Balaban J connectivity index is 2.63. The van der Waals surface area contributed by atoms with Crippen LogP contribution in [0.3, 0.4) is 0 Å². The molecule has 3 nitrogen and oxygen atoms in total. The van der Waals surface area contributed by atoms with E-state index in [0.29, 0.717) is 5.92 Å². The zero-order chi connectivity index (χ0) is 12.2. The number of methoxy groups -OCH3 is 1. The van der Waals surface area contributed by atoms with Crippen LogP contribution in [0.2, 0.25) is 0 Å². The third-order valence-corrected chi connectivity index (χ3v) is 3.51. The summed E-state index contributed by atoms with van der Waals surface area (Å²) in [6.07, 6.45) is 3.83. The molecule has 0 spiro atoms. The highest BCUT2D eigenvalue weighted by Gasteiger charge is 2.40. The van der Waals surface area contributed by atoms with E-state index >= 15 is 0 Å². The van der Waals surface area contributed by atoms with Gasteiger partial charge in [0.05, 0.1) is 6.61 Å². The molecular formula is C13H28N2O. The predicted octanol–water partition coefficient (Wildman–Crippen LogP) is 1.86. The standard InChI is InChI=1S/C13H28N2O/c1-11(2)9-13(3,10-14)15(7-8-16-4)12-5-6-12/h11-12H,5-10,14H2,1-4H3. The van der Waals surface area contributed by atoms with Gasteiger partial charge in [-0.2, -0.15) is 0 Å². The van der Waals surface area contributed by atoms with Crippen molar-refractivity contribution in [1.82, 2.24) is 4.90 Å². The quantitative estimate of drug-likeness (QED) is 0.689. The highest BCUT2D eigenvalue weighted by molar-refractivity contribution is 4.97. The Hall–Kier alpha value is -0.120. The maximum Gasteiger partial charge on any atom is 0.0590 e. The molecule has 1 unspecified atom stereocenters. The molecule has 0 bridgehead atoms. The van der Waals surface area contributed by atoms with Gasteiger partial charge in [-0.15, -0.1) is 0 Å². The zero-order valence-electron chi connectivity index (χ0n) is 11.3. The average Bonchev–Trinajstić information content (AvgIpc) is 3.01. The van der Waals surface area contributed by atoms with Gasteiger partial charge in [0, 0.05) is 31.8 Å². The summed E-state index contributed by atoms with van der Waals surface area (Å²) in [5, 5.41) is 0. The molecule has 96 valence electrons. The van der Waals surface area contributed by atoms with Crippen LogP contribution in [0.4, 0.5) is 0 Å². The zero-order valence-corrected chi connectivity index (χ0v) is 11.3. The van der Waals surface area contributed by atoms with Crippen molar-refractivity contribution in [2.24, 2.45) is 11.7 Å². The van der Waals surface area contributed by atoms with Gasteiger partial charge < -0.3 is 10.5 Å². The topological polar surface area (TPSA) is 38.5 Å². The van der Waals surface area contributed by atoms with Crippen LogP contribution >= 0.6 is 0 Å². The first-order valence-electron chi connectivity index (χ1n) is 6.49. The summed E-state index contributed by atoms with van der Waals surface area (Å²) in [5.74, 6) is 0.692. The molecule has 0 aromatic rings. The van der Waals surface area contributed by atoms with Crippen molar-refractivity contribution >= 4 is 0 Å². The fourth-order valence-electron chi connectivity index (χ4n) is 2.67. The summed E-state index contributed by atoms with van der Waals surface area (Å²) >= 11 is 0. The van der Waals surface area contributed by atoms with Gasteiger partial charge in [-0.25, -0.2) is 0 Å². The summed E-state index contributed by atoms with van der Waals surface area (Å²) in [4.78, 5) is 2.58. The van der Waals surface area contributed by atoms with Gasteiger partial charge in [-0.1, -0.05) is 13.8 Å². The van der Waals surface area contributed by atoms with Crippen LogP contribution in [-0.2, 0) is 4.74 Å². The molecule has 0 radical (unpaired) electrons. The van der Waals surface area contributed by atoms with E-state index in [1.807, 2.05) is 0 Å². The third kappa shape index (κ3) is 3.72. The second kappa shape index (κ2) is 5.99. The number of hydrogen-bond donors (Lipinski definition) is 1. The van der Waals surface area contributed by atoms with Crippen molar-refractivity contribution in [3.05, 3.63) is 0 Å². The van der Waals surface area contributed by atoms with Crippen molar-refractivity contribution in [1.29, 1.82) is 0 Å². The first-order chi connectivity index (χ1) is 7.53. The molecule has 16 heavy (non-hydrogen) atoms. The van der Waals surface area contributed by atoms with Crippen LogP contribution in [0, 0.1) is 5.92 Å². The van der Waals surface area contributed by atoms with Crippen molar-refractivity contribution in [3.8, 4) is 0 Å². The van der Waals surface area contributed by atoms with Gasteiger partial charge in [0.15, 0.2) is 0 Å². The lowest BCUT2D eigenvalue weighted by Gasteiger charge is -2.42. The molecule has 0 aromatic heterocycles. The minimum absolute atomic E-state index is 0.147. The number of nitrogens with two attached hydrogens (primary N) is 1. The van der Waals surface area contributed by atoms with Crippen LogP contribution in [-0.4, -0.2) is 43.3 Å². The lowest BCUT2D eigenvalue weighted by atomic mass is 9.88. The number of ether oxygens (including phenoxy) is 1. The molecule has 1 saturated carbocycles. The Labute approximate surface area is 100 Å². The molecule has 3 heteroatoms. The fraction of sp³-hybridized carbons (Fsp3) is 1.00. The average molecular weight is 228 g/mol. The van der Waals surface area contributed by atoms with E-state index < -0.39 is 0 Å². The fourth-order valence-corrected chi connectivity index (χ4v) is 2.67. The van der Waals surface area contributed by atoms with E-state index in [0.717, 1.165) is 25.7 Å². The van der Waals surface area contributed by atoms with Crippen molar-refractivity contribution in [2.45, 2.75) is 51.6 Å². The van der Waals surface area contributed by atoms with Crippen LogP contribution < -0.4 is 5.73 Å². The maximum absolute atomic E-state index is 6.01. The van der Waals surface area contributed by atoms with Crippen LogP contribution in [0.15, 0.2) is 0 Å². The van der Waals surface area contributed by atoms with Crippen LogP contribution in [0.5, 0.6) is 0 Å². The number of nitrogens with zero attached hydrogens (tertiary/aromatic N) is 1. The van der Waals surface area contributed by atoms with Crippen molar-refractivity contribution < 1.29 is 4.74 Å². The second-order valence-corrected chi connectivity index (χ2v) is 5.72. The monoisotopic (exact) mass is 228 g/mol.